The quantitative estimate of drug-likeness (QED) is 0.0955. The number of hydrogen-bond donors (Lipinski definition) is 0. The fourth-order valence-corrected chi connectivity index (χ4v) is 11.7. The van der Waals surface area contributed by atoms with Crippen molar-refractivity contribution in [3.05, 3.63) is 108 Å². The number of carbonyl (C=O) groups is 2. The molecule has 6 heteroatoms. The van der Waals surface area contributed by atoms with Gasteiger partial charge in [-0.25, -0.2) is 0 Å². The van der Waals surface area contributed by atoms with E-state index in [0.717, 1.165) is 66.5 Å². The maximum atomic E-state index is 14.9. The van der Waals surface area contributed by atoms with Crippen molar-refractivity contribution in [3.8, 4) is 0 Å². The van der Waals surface area contributed by atoms with Crippen LogP contribution in [0.3, 0.4) is 0 Å². The smallest absolute Gasteiger partial charge is 0.167 e. The van der Waals surface area contributed by atoms with Gasteiger partial charge in [0, 0.05) is 34.5 Å². The first-order valence-electron chi connectivity index (χ1n) is 18.3. The molecule has 0 saturated heterocycles. The second kappa shape index (κ2) is 14.7. The molecule has 3 aromatic rings. The number of hydrogen-bond acceptors (Lipinski definition) is 5. The van der Waals surface area contributed by atoms with Crippen molar-refractivity contribution in [2.45, 2.75) is 113 Å². The number of fused-ring (bicyclic) bond motifs is 5. The molecule has 6 rings (SSSR count). The van der Waals surface area contributed by atoms with Crippen LogP contribution < -0.4 is 5.38 Å². The van der Waals surface area contributed by atoms with Gasteiger partial charge in [0.2, 0.25) is 0 Å². The van der Waals surface area contributed by atoms with E-state index in [4.69, 9.17) is 9.15 Å². The average Bonchev–Trinajstić information content (AvgIpc) is 3.47. The Labute approximate surface area is 299 Å². The van der Waals surface area contributed by atoms with Gasteiger partial charge >= 0.3 is 0 Å². The van der Waals surface area contributed by atoms with Gasteiger partial charge in [0.05, 0.1) is 29.4 Å². The van der Waals surface area contributed by atoms with Crippen molar-refractivity contribution in [3.63, 3.8) is 0 Å². The van der Waals surface area contributed by atoms with Gasteiger partial charge in [0.25, 0.3) is 0 Å². The van der Waals surface area contributed by atoms with Crippen LogP contribution in [0, 0.1) is 17.3 Å². The zero-order chi connectivity index (χ0) is 34.8. The Balaban J connectivity index is 1.29. The second-order valence-electron chi connectivity index (χ2n) is 16.2. The predicted octanol–water partition coefficient (Wildman–Crippen LogP) is 10.2. The Morgan fingerprint density at radius 3 is 2.35 bits per heavy atom. The molecule has 2 bridgehead atoms. The van der Waals surface area contributed by atoms with E-state index in [1.165, 1.54) is 11.1 Å². The second-order valence-corrected chi connectivity index (χ2v) is 22.6. The molecule has 0 N–H and O–H groups in total. The van der Waals surface area contributed by atoms with E-state index < -0.39 is 13.5 Å². The number of rotatable bonds is 14. The molecular weight excluding hydrogens is 641 g/mol. The minimum Gasteiger partial charge on any atom is -0.474 e. The standard InChI is InChI=1S/C43H54O4SSi/c1-7-18-33-31(21-14-8-9-17-24-46-28-30-19-12-10-13-20-30)25-36-39(45)38(33)35-29-47-41(49(5,6)42(2,3)4)34(35)26-43(36)27-37(44)40(43)48-32-22-15-11-16-23-32/h7,10-13,15-16,19-20,22-23,25,29,31,33,38,40H,1,8-9,14,17-18,21,24,26-28H2,2-6H3/t31-,33+,38+,40?,43-/m1/s1. The molecule has 2 aromatic carbocycles. The molecule has 1 unspecified atom stereocenters. The molecule has 0 radical (unpaired) electrons. The van der Waals surface area contributed by atoms with Gasteiger partial charge in [0.1, 0.15) is 13.9 Å². The number of ether oxygens (including phenoxy) is 1. The minimum absolute atomic E-state index is 0.0692. The molecule has 49 heavy (non-hydrogen) atoms. The number of ketones is 2. The predicted molar refractivity (Wildman–Crippen MR) is 204 cm³/mol. The zero-order valence-corrected chi connectivity index (χ0v) is 32.0. The molecule has 4 nitrogen and oxygen atoms in total. The number of benzene rings is 2. The van der Waals surface area contributed by atoms with E-state index >= 15 is 0 Å². The van der Waals surface area contributed by atoms with E-state index in [9.17, 15) is 9.59 Å². The lowest BCUT2D eigenvalue weighted by Crippen LogP contribution is -2.57. The lowest BCUT2D eigenvalue weighted by molar-refractivity contribution is -0.131. The fraction of sp³-hybridized carbons (Fsp3) is 0.488. The average molecular weight is 695 g/mol. The molecule has 0 amide bonds. The van der Waals surface area contributed by atoms with Crippen LogP contribution in [0.25, 0.3) is 0 Å². The molecule has 3 aliphatic carbocycles. The van der Waals surface area contributed by atoms with E-state index in [1.807, 2.05) is 36.6 Å². The summed E-state index contributed by atoms with van der Waals surface area (Å²) in [5, 5.41) is 0.896. The fourth-order valence-electron chi connectivity index (χ4n) is 8.31. The molecule has 1 saturated carbocycles. The highest BCUT2D eigenvalue weighted by Gasteiger charge is 2.62. The van der Waals surface area contributed by atoms with E-state index in [1.54, 1.807) is 11.8 Å². The summed E-state index contributed by atoms with van der Waals surface area (Å²) >= 11 is 1.65. The van der Waals surface area contributed by atoms with Crippen LogP contribution in [0.2, 0.25) is 18.1 Å². The van der Waals surface area contributed by atoms with Crippen molar-refractivity contribution in [2.24, 2.45) is 17.3 Å². The Bertz CT molecular complexity index is 1670. The van der Waals surface area contributed by atoms with Crippen molar-refractivity contribution in [2.75, 3.05) is 6.61 Å². The van der Waals surface area contributed by atoms with Gasteiger partial charge in [-0.3, -0.25) is 9.59 Å². The Hall–Kier alpha value is -2.93. The summed E-state index contributed by atoms with van der Waals surface area (Å²) in [5.74, 6) is 0.587. The summed E-state index contributed by atoms with van der Waals surface area (Å²) in [7, 11) is -2.10. The van der Waals surface area contributed by atoms with E-state index in [0.29, 0.717) is 19.4 Å². The summed E-state index contributed by atoms with van der Waals surface area (Å²) in [6.07, 6.45) is 13.6. The van der Waals surface area contributed by atoms with Crippen LogP contribution in [0.15, 0.2) is 101 Å². The molecule has 260 valence electrons. The molecule has 0 aliphatic heterocycles. The van der Waals surface area contributed by atoms with Crippen LogP contribution in [0.5, 0.6) is 0 Å². The topological polar surface area (TPSA) is 56.5 Å². The normalized spacial score (nSPS) is 25.0. The van der Waals surface area contributed by atoms with Crippen molar-refractivity contribution >= 4 is 36.8 Å². The minimum atomic E-state index is -2.10. The van der Waals surface area contributed by atoms with Gasteiger partial charge < -0.3 is 9.15 Å². The van der Waals surface area contributed by atoms with Gasteiger partial charge in [0.15, 0.2) is 5.78 Å². The Morgan fingerprint density at radius 2 is 1.67 bits per heavy atom. The Kier molecular flexibility index (Phi) is 10.8. The summed E-state index contributed by atoms with van der Waals surface area (Å²) in [6.45, 7) is 17.3. The van der Waals surface area contributed by atoms with Crippen molar-refractivity contribution in [1.29, 1.82) is 0 Å². The summed E-state index contributed by atoms with van der Waals surface area (Å²) in [5.41, 5.74) is 3.92. The van der Waals surface area contributed by atoms with Gasteiger partial charge in [-0.15, -0.1) is 18.3 Å². The molecule has 1 spiro atoms. The van der Waals surface area contributed by atoms with Crippen LogP contribution in [-0.4, -0.2) is 31.5 Å². The van der Waals surface area contributed by atoms with Crippen molar-refractivity contribution < 1.29 is 18.7 Å². The third-order valence-corrected chi connectivity index (χ3v) is 18.8. The number of thioether (sulfide) groups is 1. The highest BCUT2D eigenvalue weighted by Crippen LogP contribution is 2.61. The van der Waals surface area contributed by atoms with Gasteiger partial charge in [-0.05, 0) is 65.8 Å². The number of furan rings is 1. The highest BCUT2D eigenvalue weighted by atomic mass is 32.2. The molecule has 1 aromatic heterocycles. The monoisotopic (exact) mass is 694 g/mol. The molecule has 5 atom stereocenters. The van der Waals surface area contributed by atoms with Crippen LogP contribution in [0.1, 0.15) is 88.3 Å². The van der Waals surface area contributed by atoms with Crippen LogP contribution in [0.4, 0.5) is 0 Å². The summed E-state index contributed by atoms with van der Waals surface area (Å²) in [6, 6.07) is 20.6. The van der Waals surface area contributed by atoms with Crippen molar-refractivity contribution in [1.82, 2.24) is 0 Å². The third kappa shape index (κ3) is 7.03. The van der Waals surface area contributed by atoms with Crippen LogP contribution in [-0.2, 0) is 27.4 Å². The first-order valence-corrected chi connectivity index (χ1v) is 22.2. The highest BCUT2D eigenvalue weighted by molar-refractivity contribution is 8.00. The van der Waals surface area contributed by atoms with E-state index in [-0.39, 0.29) is 39.6 Å². The number of carbonyl (C=O) groups excluding carboxylic acids is 2. The van der Waals surface area contributed by atoms with E-state index in [2.05, 4.69) is 82.9 Å². The summed E-state index contributed by atoms with van der Waals surface area (Å²) in [4.78, 5) is 29.6. The molecule has 1 fully saturated rings. The lowest BCUT2D eigenvalue weighted by atomic mass is 9.56. The molecule has 1 heterocycles. The maximum absolute atomic E-state index is 14.9. The summed E-state index contributed by atoms with van der Waals surface area (Å²) < 4.78 is 12.6. The number of allylic oxidation sites excluding steroid dienone is 3. The zero-order valence-electron chi connectivity index (χ0n) is 30.1. The number of Topliss-reactive ketones (excluding diaryl/α,β-unsaturated/α-hetero) is 2. The Morgan fingerprint density at radius 1 is 0.980 bits per heavy atom. The van der Waals surface area contributed by atoms with Gasteiger partial charge in [-0.1, -0.05) is 114 Å². The maximum Gasteiger partial charge on any atom is 0.167 e. The molecular formula is C43H54O4SSi. The largest absolute Gasteiger partial charge is 0.474 e. The van der Waals surface area contributed by atoms with Gasteiger partial charge in [-0.2, -0.15) is 0 Å². The molecule has 3 aliphatic rings. The first kappa shape index (κ1) is 35.9. The first-order chi connectivity index (χ1) is 23.5. The number of unbranched alkanes of at least 4 members (excludes halogenated alkanes) is 3. The SMILES string of the molecule is C=CC[C@@H]1[C@@H]2C(=O)C(=C[C@H]1CCCCCCOCc1ccccc1)[C@]1(CC(=O)C1Sc1ccccc1)Cc1c2coc1[Si](C)(C)C(C)(C)C. The third-order valence-electron chi connectivity index (χ3n) is 12.0. The lowest BCUT2D eigenvalue weighted by Gasteiger charge is -2.50. The van der Waals surface area contributed by atoms with Crippen LogP contribution >= 0.6 is 11.8 Å².